The molecule has 18 heavy (non-hydrogen) atoms. The fraction of sp³-hybridized carbons (Fsp3) is 0.833. The highest BCUT2D eigenvalue weighted by Crippen LogP contribution is 2.19. The molecular formula is C12H22N4O2. The summed E-state index contributed by atoms with van der Waals surface area (Å²) in [5.41, 5.74) is 0. The lowest BCUT2D eigenvalue weighted by atomic mass is 10.0. The second-order valence-corrected chi connectivity index (χ2v) is 5.09. The maximum Gasteiger partial charge on any atom is 0.315 e. The van der Waals surface area contributed by atoms with Crippen molar-refractivity contribution < 1.29 is 9.15 Å². The third kappa shape index (κ3) is 3.68. The minimum absolute atomic E-state index is 0.291. The Hall–Kier alpha value is -1.14. The van der Waals surface area contributed by atoms with Crippen molar-refractivity contribution in [3.63, 3.8) is 0 Å². The van der Waals surface area contributed by atoms with Crippen LogP contribution in [-0.4, -0.2) is 35.5 Å². The van der Waals surface area contributed by atoms with E-state index in [1.54, 1.807) is 0 Å². The summed E-state index contributed by atoms with van der Waals surface area (Å²) in [6.07, 6.45) is 1.09. The van der Waals surface area contributed by atoms with Gasteiger partial charge in [0.15, 0.2) is 0 Å². The van der Waals surface area contributed by atoms with Gasteiger partial charge in [-0.3, -0.25) is 0 Å². The van der Waals surface area contributed by atoms with Crippen LogP contribution in [0.2, 0.25) is 0 Å². The molecule has 1 aliphatic rings. The zero-order valence-electron chi connectivity index (χ0n) is 11.3. The number of aromatic nitrogens is 2. The van der Waals surface area contributed by atoms with Crippen molar-refractivity contribution in [3.8, 4) is 0 Å². The Balaban J connectivity index is 1.82. The minimum atomic E-state index is 0.291. The molecule has 1 aromatic heterocycles. The van der Waals surface area contributed by atoms with Crippen molar-refractivity contribution in [2.24, 2.45) is 5.92 Å². The molecule has 0 amide bonds. The van der Waals surface area contributed by atoms with Crippen LogP contribution >= 0.6 is 0 Å². The van der Waals surface area contributed by atoms with Crippen molar-refractivity contribution in [1.82, 2.24) is 15.5 Å². The molecule has 1 saturated heterocycles. The van der Waals surface area contributed by atoms with Crippen LogP contribution in [0.25, 0.3) is 0 Å². The van der Waals surface area contributed by atoms with E-state index >= 15 is 0 Å². The lowest BCUT2D eigenvalue weighted by molar-refractivity contribution is 0.183. The van der Waals surface area contributed by atoms with Gasteiger partial charge >= 0.3 is 6.01 Å². The van der Waals surface area contributed by atoms with Crippen molar-refractivity contribution in [1.29, 1.82) is 0 Å². The molecular weight excluding hydrogens is 232 g/mol. The number of nitrogens with one attached hydrogen (secondary N) is 2. The molecule has 0 aliphatic carbocycles. The molecule has 6 heteroatoms. The second kappa shape index (κ2) is 6.15. The van der Waals surface area contributed by atoms with Gasteiger partial charge in [-0.2, -0.15) is 0 Å². The molecule has 1 aromatic rings. The predicted octanol–water partition coefficient (Wildman–Crippen LogP) is 1.40. The van der Waals surface area contributed by atoms with Crippen LogP contribution in [0.3, 0.4) is 0 Å². The molecule has 0 radical (unpaired) electrons. The number of rotatable bonds is 6. The van der Waals surface area contributed by atoms with Crippen LogP contribution in [0, 0.1) is 5.92 Å². The van der Waals surface area contributed by atoms with Gasteiger partial charge in [0.2, 0.25) is 5.89 Å². The normalized spacial score (nSPS) is 21.4. The minimum Gasteiger partial charge on any atom is -0.407 e. The maximum absolute atomic E-state index is 5.53. The van der Waals surface area contributed by atoms with Gasteiger partial charge in [-0.25, -0.2) is 0 Å². The number of ether oxygens (including phenoxy) is 1. The Morgan fingerprint density at radius 2 is 2.17 bits per heavy atom. The van der Waals surface area contributed by atoms with Crippen LogP contribution in [0.4, 0.5) is 6.01 Å². The van der Waals surface area contributed by atoms with Gasteiger partial charge in [-0.05, 0) is 13.3 Å². The highest BCUT2D eigenvalue weighted by molar-refractivity contribution is 5.19. The first-order valence-corrected chi connectivity index (χ1v) is 6.55. The third-order valence-electron chi connectivity index (χ3n) is 3.15. The quantitative estimate of drug-likeness (QED) is 0.799. The molecule has 2 unspecified atom stereocenters. The monoisotopic (exact) mass is 254 g/mol. The van der Waals surface area contributed by atoms with E-state index in [1.165, 1.54) is 0 Å². The molecule has 0 bridgehead atoms. The average molecular weight is 254 g/mol. The summed E-state index contributed by atoms with van der Waals surface area (Å²) in [7, 11) is 0. The predicted molar refractivity (Wildman–Crippen MR) is 68.3 cm³/mol. The largest absolute Gasteiger partial charge is 0.407 e. The summed E-state index contributed by atoms with van der Waals surface area (Å²) in [6, 6.07) is 1.19. The Bertz CT molecular complexity index is 361. The van der Waals surface area contributed by atoms with Crippen molar-refractivity contribution >= 4 is 6.01 Å². The molecule has 1 fully saturated rings. The molecule has 2 rings (SSSR count). The third-order valence-corrected chi connectivity index (χ3v) is 3.15. The Morgan fingerprint density at radius 3 is 2.83 bits per heavy atom. The smallest absolute Gasteiger partial charge is 0.315 e. The van der Waals surface area contributed by atoms with Gasteiger partial charge in [0.25, 0.3) is 0 Å². The Morgan fingerprint density at radius 1 is 1.33 bits per heavy atom. The summed E-state index contributed by atoms with van der Waals surface area (Å²) in [6.45, 7) is 8.55. The summed E-state index contributed by atoms with van der Waals surface area (Å²) < 4.78 is 10.9. The summed E-state index contributed by atoms with van der Waals surface area (Å²) in [5.74, 6) is 1.13. The number of anilines is 1. The van der Waals surface area contributed by atoms with E-state index in [0.717, 1.165) is 19.6 Å². The lowest BCUT2D eigenvalue weighted by Crippen LogP contribution is -2.26. The topological polar surface area (TPSA) is 72.2 Å². The van der Waals surface area contributed by atoms with Gasteiger partial charge in [0.05, 0.1) is 13.2 Å². The van der Waals surface area contributed by atoms with Gasteiger partial charge in [0, 0.05) is 24.6 Å². The van der Waals surface area contributed by atoms with Gasteiger partial charge in [-0.1, -0.05) is 18.9 Å². The number of hydrogen-bond acceptors (Lipinski definition) is 6. The SMILES string of the molecule is CC(C)NCc1nnc(NC(C)C2CCOC2)o1. The van der Waals surface area contributed by atoms with Crippen LogP contribution in [0.1, 0.15) is 33.1 Å². The van der Waals surface area contributed by atoms with Crippen LogP contribution in [-0.2, 0) is 11.3 Å². The van der Waals surface area contributed by atoms with E-state index in [1.807, 2.05) is 0 Å². The van der Waals surface area contributed by atoms with E-state index in [4.69, 9.17) is 9.15 Å². The molecule has 102 valence electrons. The highest BCUT2D eigenvalue weighted by atomic mass is 16.5. The fourth-order valence-electron chi connectivity index (χ4n) is 1.93. The number of hydrogen-bond donors (Lipinski definition) is 2. The van der Waals surface area contributed by atoms with Crippen LogP contribution < -0.4 is 10.6 Å². The van der Waals surface area contributed by atoms with E-state index in [2.05, 4.69) is 41.6 Å². The molecule has 6 nitrogen and oxygen atoms in total. The average Bonchev–Trinajstić information content (AvgIpc) is 2.97. The van der Waals surface area contributed by atoms with Crippen LogP contribution in [0.15, 0.2) is 4.42 Å². The summed E-state index contributed by atoms with van der Waals surface area (Å²) >= 11 is 0. The van der Waals surface area contributed by atoms with E-state index in [9.17, 15) is 0 Å². The molecule has 2 heterocycles. The van der Waals surface area contributed by atoms with Gasteiger partial charge in [0.1, 0.15) is 0 Å². The first-order chi connectivity index (χ1) is 8.65. The van der Waals surface area contributed by atoms with E-state index in [0.29, 0.717) is 36.5 Å². The van der Waals surface area contributed by atoms with E-state index < -0.39 is 0 Å². The van der Waals surface area contributed by atoms with Crippen molar-refractivity contribution in [2.45, 2.75) is 45.8 Å². The zero-order chi connectivity index (χ0) is 13.0. The second-order valence-electron chi connectivity index (χ2n) is 5.09. The fourth-order valence-corrected chi connectivity index (χ4v) is 1.93. The summed E-state index contributed by atoms with van der Waals surface area (Å²) in [5, 5.41) is 14.5. The first-order valence-electron chi connectivity index (χ1n) is 6.55. The Labute approximate surface area is 107 Å². The maximum atomic E-state index is 5.53. The summed E-state index contributed by atoms with van der Waals surface area (Å²) in [4.78, 5) is 0. The van der Waals surface area contributed by atoms with E-state index in [-0.39, 0.29) is 0 Å². The lowest BCUT2D eigenvalue weighted by Gasteiger charge is -2.17. The molecule has 0 spiro atoms. The van der Waals surface area contributed by atoms with Crippen molar-refractivity contribution in [2.75, 3.05) is 18.5 Å². The highest BCUT2D eigenvalue weighted by Gasteiger charge is 2.23. The molecule has 2 atom stereocenters. The van der Waals surface area contributed by atoms with Crippen molar-refractivity contribution in [3.05, 3.63) is 5.89 Å². The zero-order valence-corrected chi connectivity index (χ0v) is 11.3. The molecule has 1 aliphatic heterocycles. The Kier molecular flexibility index (Phi) is 4.54. The standard InChI is InChI=1S/C12H22N4O2/c1-8(2)13-6-11-15-16-12(18-11)14-9(3)10-4-5-17-7-10/h8-10,13H,4-7H2,1-3H3,(H,14,16). The molecule has 2 N–H and O–H groups in total. The molecule has 0 saturated carbocycles. The molecule has 0 aromatic carbocycles. The van der Waals surface area contributed by atoms with Crippen LogP contribution in [0.5, 0.6) is 0 Å². The van der Waals surface area contributed by atoms with Gasteiger partial charge in [-0.15, -0.1) is 5.10 Å². The number of nitrogens with zero attached hydrogens (tertiary/aromatic N) is 2. The first kappa shape index (κ1) is 13.3. The van der Waals surface area contributed by atoms with Gasteiger partial charge < -0.3 is 19.8 Å².